The van der Waals surface area contributed by atoms with Crippen molar-refractivity contribution in [3.05, 3.63) is 40.7 Å². The SMILES string of the molecule is CCn1nc(C)c(-c2ccc(C)c(C(=O)O)c2)c1C. The quantitative estimate of drug-likeness (QED) is 0.919. The van der Waals surface area contributed by atoms with E-state index < -0.39 is 5.97 Å². The van der Waals surface area contributed by atoms with Crippen LogP contribution in [0.5, 0.6) is 0 Å². The van der Waals surface area contributed by atoms with E-state index in [0.717, 1.165) is 34.6 Å². The molecule has 0 radical (unpaired) electrons. The maximum absolute atomic E-state index is 11.2. The number of hydrogen-bond acceptors (Lipinski definition) is 2. The van der Waals surface area contributed by atoms with Crippen LogP contribution in [0.4, 0.5) is 0 Å². The summed E-state index contributed by atoms with van der Waals surface area (Å²) in [5, 5.41) is 13.7. The maximum atomic E-state index is 11.2. The van der Waals surface area contributed by atoms with Crippen LogP contribution in [0.3, 0.4) is 0 Å². The Labute approximate surface area is 112 Å². The number of hydrogen-bond donors (Lipinski definition) is 1. The molecule has 0 atom stereocenters. The lowest BCUT2D eigenvalue weighted by atomic mass is 9.98. The summed E-state index contributed by atoms with van der Waals surface area (Å²) in [7, 11) is 0. The van der Waals surface area contributed by atoms with Crippen molar-refractivity contribution in [1.82, 2.24) is 9.78 Å². The molecule has 1 aromatic carbocycles. The van der Waals surface area contributed by atoms with Crippen molar-refractivity contribution in [3.63, 3.8) is 0 Å². The standard InChI is InChI=1S/C15H18N2O2/c1-5-17-11(4)14(10(3)16-17)12-7-6-9(2)13(8-12)15(18)19/h6-8H,5H2,1-4H3,(H,18,19). The van der Waals surface area contributed by atoms with Gasteiger partial charge in [0.2, 0.25) is 0 Å². The van der Waals surface area contributed by atoms with Crippen LogP contribution >= 0.6 is 0 Å². The highest BCUT2D eigenvalue weighted by atomic mass is 16.4. The lowest BCUT2D eigenvalue weighted by Crippen LogP contribution is -2.00. The number of carboxylic acids is 1. The van der Waals surface area contributed by atoms with Gasteiger partial charge in [-0.1, -0.05) is 12.1 Å². The molecule has 0 bridgehead atoms. The van der Waals surface area contributed by atoms with Gasteiger partial charge in [-0.2, -0.15) is 5.10 Å². The van der Waals surface area contributed by atoms with E-state index in [9.17, 15) is 9.90 Å². The molecule has 19 heavy (non-hydrogen) atoms. The zero-order chi connectivity index (χ0) is 14.2. The van der Waals surface area contributed by atoms with Crippen LogP contribution in [0, 0.1) is 20.8 Å². The number of nitrogens with zero attached hydrogens (tertiary/aromatic N) is 2. The molecule has 0 aliphatic rings. The summed E-state index contributed by atoms with van der Waals surface area (Å²) >= 11 is 0. The summed E-state index contributed by atoms with van der Waals surface area (Å²) in [5.74, 6) is -0.891. The van der Waals surface area contributed by atoms with Crippen LogP contribution in [0.25, 0.3) is 11.1 Å². The average molecular weight is 258 g/mol. The topological polar surface area (TPSA) is 55.1 Å². The van der Waals surface area contributed by atoms with Gasteiger partial charge in [0.1, 0.15) is 0 Å². The van der Waals surface area contributed by atoms with E-state index in [-0.39, 0.29) is 0 Å². The van der Waals surface area contributed by atoms with E-state index >= 15 is 0 Å². The lowest BCUT2D eigenvalue weighted by Gasteiger charge is -2.07. The number of benzene rings is 1. The first-order valence-electron chi connectivity index (χ1n) is 6.34. The van der Waals surface area contributed by atoms with Crippen molar-refractivity contribution in [2.24, 2.45) is 0 Å². The van der Waals surface area contributed by atoms with Gasteiger partial charge in [-0.15, -0.1) is 0 Å². The second-order valence-electron chi connectivity index (χ2n) is 4.70. The molecule has 0 aliphatic heterocycles. The van der Waals surface area contributed by atoms with Gasteiger partial charge >= 0.3 is 5.97 Å². The van der Waals surface area contributed by atoms with Crippen LogP contribution in [0.2, 0.25) is 0 Å². The second-order valence-corrected chi connectivity index (χ2v) is 4.70. The number of carboxylic acid groups (broad SMARTS) is 1. The Kier molecular flexibility index (Phi) is 3.42. The van der Waals surface area contributed by atoms with Crippen LogP contribution in [-0.4, -0.2) is 20.9 Å². The van der Waals surface area contributed by atoms with Gasteiger partial charge in [-0.25, -0.2) is 4.79 Å². The molecule has 1 aromatic heterocycles. The number of carbonyl (C=O) groups is 1. The Bertz CT molecular complexity index is 642. The largest absolute Gasteiger partial charge is 0.478 e. The molecule has 0 aliphatic carbocycles. The Morgan fingerprint density at radius 3 is 2.53 bits per heavy atom. The van der Waals surface area contributed by atoms with Crippen LogP contribution in [0.1, 0.15) is 34.2 Å². The monoisotopic (exact) mass is 258 g/mol. The fourth-order valence-corrected chi connectivity index (χ4v) is 2.43. The summed E-state index contributed by atoms with van der Waals surface area (Å²) in [6.07, 6.45) is 0. The number of aryl methyl sites for hydroxylation is 3. The maximum Gasteiger partial charge on any atom is 0.335 e. The van der Waals surface area contributed by atoms with Crippen molar-refractivity contribution < 1.29 is 9.90 Å². The molecular formula is C15H18N2O2. The van der Waals surface area contributed by atoms with Crippen molar-refractivity contribution >= 4 is 5.97 Å². The van der Waals surface area contributed by atoms with Crippen LogP contribution in [-0.2, 0) is 6.54 Å². The molecule has 2 aromatic rings. The number of aromatic carboxylic acids is 1. The van der Waals surface area contributed by atoms with Gasteiger partial charge in [-0.3, -0.25) is 4.68 Å². The molecule has 0 saturated carbocycles. The average Bonchev–Trinajstić information content (AvgIpc) is 2.65. The molecule has 0 fully saturated rings. The number of aromatic nitrogens is 2. The Morgan fingerprint density at radius 1 is 1.32 bits per heavy atom. The normalized spacial score (nSPS) is 10.7. The minimum absolute atomic E-state index is 0.348. The highest BCUT2D eigenvalue weighted by Gasteiger charge is 2.15. The molecular weight excluding hydrogens is 240 g/mol. The van der Waals surface area contributed by atoms with E-state index in [4.69, 9.17) is 0 Å². The van der Waals surface area contributed by atoms with Crippen molar-refractivity contribution in [1.29, 1.82) is 0 Å². The van der Waals surface area contributed by atoms with Gasteiger partial charge in [0, 0.05) is 17.8 Å². The third kappa shape index (κ3) is 2.26. The summed E-state index contributed by atoms with van der Waals surface area (Å²) < 4.78 is 1.94. The van der Waals surface area contributed by atoms with Gasteiger partial charge in [0.25, 0.3) is 0 Å². The van der Waals surface area contributed by atoms with E-state index in [2.05, 4.69) is 5.10 Å². The first kappa shape index (κ1) is 13.3. The molecule has 0 unspecified atom stereocenters. The molecule has 100 valence electrons. The third-order valence-electron chi connectivity index (χ3n) is 3.44. The van der Waals surface area contributed by atoms with Crippen molar-refractivity contribution in [2.75, 3.05) is 0 Å². The van der Waals surface area contributed by atoms with Crippen molar-refractivity contribution in [3.8, 4) is 11.1 Å². The van der Waals surface area contributed by atoms with Crippen LogP contribution in [0.15, 0.2) is 18.2 Å². The highest BCUT2D eigenvalue weighted by Crippen LogP contribution is 2.28. The molecule has 0 saturated heterocycles. The fraction of sp³-hybridized carbons (Fsp3) is 0.333. The molecule has 1 N–H and O–H groups in total. The fourth-order valence-electron chi connectivity index (χ4n) is 2.43. The number of rotatable bonds is 3. The smallest absolute Gasteiger partial charge is 0.335 e. The van der Waals surface area contributed by atoms with Gasteiger partial charge in [-0.05, 0) is 44.9 Å². The molecule has 0 amide bonds. The highest BCUT2D eigenvalue weighted by molar-refractivity contribution is 5.91. The zero-order valence-corrected chi connectivity index (χ0v) is 11.7. The molecule has 1 heterocycles. The van der Waals surface area contributed by atoms with E-state index in [1.54, 1.807) is 6.07 Å². The van der Waals surface area contributed by atoms with E-state index in [1.807, 2.05) is 44.5 Å². The summed E-state index contributed by atoms with van der Waals surface area (Å²) in [6, 6.07) is 5.54. The minimum atomic E-state index is -0.891. The predicted molar refractivity (Wildman–Crippen MR) is 74.5 cm³/mol. The zero-order valence-electron chi connectivity index (χ0n) is 11.7. The van der Waals surface area contributed by atoms with Gasteiger partial charge < -0.3 is 5.11 Å². The van der Waals surface area contributed by atoms with Gasteiger partial charge in [0.15, 0.2) is 0 Å². The second kappa shape index (κ2) is 4.88. The van der Waals surface area contributed by atoms with Gasteiger partial charge in [0.05, 0.1) is 11.3 Å². The van der Waals surface area contributed by atoms with E-state index in [0.29, 0.717) is 5.56 Å². The summed E-state index contributed by atoms with van der Waals surface area (Å²) in [5.41, 5.74) is 5.07. The lowest BCUT2D eigenvalue weighted by molar-refractivity contribution is 0.0696. The molecule has 4 heteroatoms. The Balaban J connectivity index is 2.63. The third-order valence-corrected chi connectivity index (χ3v) is 3.44. The summed E-state index contributed by atoms with van der Waals surface area (Å²) in [4.78, 5) is 11.2. The van der Waals surface area contributed by atoms with Crippen molar-refractivity contribution in [2.45, 2.75) is 34.2 Å². The van der Waals surface area contributed by atoms with Crippen LogP contribution < -0.4 is 0 Å². The predicted octanol–water partition coefficient (Wildman–Crippen LogP) is 3.19. The first-order chi connectivity index (χ1) is 8.95. The Morgan fingerprint density at radius 2 is 2.00 bits per heavy atom. The Hall–Kier alpha value is -2.10. The van der Waals surface area contributed by atoms with E-state index in [1.165, 1.54) is 0 Å². The molecule has 0 spiro atoms. The first-order valence-corrected chi connectivity index (χ1v) is 6.34. The minimum Gasteiger partial charge on any atom is -0.478 e. The summed E-state index contributed by atoms with van der Waals surface area (Å²) in [6.45, 7) is 8.63. The molecule has 4 nitrogen and oxygen atoms in total. The molecule has 2 rings (SSSR count).